The predicted molar refractivity (Wildman–Crippen MR) is 114 cm³/mol. The summed E-state index contributed by atoms with van der Waals surface area (Å²) in [5.41, 5.74) is 1.98. The lowest BCUT2D eigenvalue weighted by Gasteiger charge is -2.37. The van der Waals surface area contributed by atoms with Crippen molar-refractivity contribution in [2.75, 3.05) is 6.54 Å². The summed E-state index contributed by atoms with van der Waals surface area (Å²) in [6.07, 6.45) is 0. The van der Waals surface area contributed by atoms with Gasteiger partial charge in [0, 0.05) is 17.7 Å². The normalized spacial score (nSPS) is 14.8. The lowest BCUT2D eigenvalue weighted by Crippen LogP contribution is -2.44. The van der Waals surface area contributed by atoms with E-state index in [4.69, 9.17) is 20.1 Å². The molecule has 2 heterocycles. The van der Waals surface area contributed by atoms with E-state index in [2.05, 4.69) is 25.0 Å². The van der Waals surface area contributed by atoms with Crippen LogP contribution >= 0.6 is 0 Å². The first kappa shape index (κ1) is 21.7. The van der Waals surface area contributed by atoms with E-state index >= 15 is 0 Å². The molecule has 0 fully saturated rings. The van der Waals surface area contributed by atoms with Crippen LogP contribution in [-0.2, 0) is 11.3 Å². The van der Waals surface area contributed by atoms with E-state index < -0.39 is 0 Å². The Kier molecular flexibility index (Phi) is 6.78. The van der Waals surface area contributed by atoms with Crippen molar-refractivity contribution in [2.24, 2.45) is 5.92 Å². The zero-order chi connectivity index (χ0) is 22.4. The number of nitrogens with zero attached hydrogens (tertiary/aromatic N) is 5. The van der Waals surface area contributed by atoms with Gasteiger partial charge in [-0.25, -0.2) is 9.67 Å². The molecule has 8 heteroatoms. The number of benzene rings is 2. The van der Waals surface area contributed by atoms with Crippen molar-refractivity contribution in [2.45, 2.75) is 26.4 Å². The number of hydrogen-bond donors (Lipinski definition) is 1. The second kappa shape index (κ2) is 9.67. The maximum absolute atomic E-state index is 13.2. The smallest absolute Gasteiger partial charge is 0.290 e. The molecule has 1 aromatic heterocycles. The monoisotopic (exact) mass is 417 g/mol. The maximum Gasteiger partial charge on any atom is 0.290 e. The van der Waals surface area contributed by atoms with Gasteiger partial charge < -0.3 is 10.0 Å². The van der Waals surface area contributed by atoms with Crippen LogP contribution in [0.1, 0.15) is 41.6 Å². The Morgan fingerprint density at radius 1 is 1.19 bits per heavy atom. The van der Waals surface area contributed by atoms with Gasteiger partial charge in [-0.05, 0) is 24.1 Å². The van der Waals surface area contributed by atoms with E-state index in [-0.39, 0.29) is 24.3 Å². The average molecular weight is 417 g/mol. The highest BCUT2D eigenvalue weighted by atomic mass is 16.3. The first-order valence-electron chi connectivity index (χ1n) is 9.89. The average Bonchev–Trinajstić information content (AvgIpc) is 3.23. The third-order valence-electron chi connectivity index (χ3n) is 5.02. The Hall–Kier alpha value is -3.99. The minimum Gasteiger partial charge on any atom is -0.483 e. The van der Waals surface area contributed by atoms with Gasteiger partial charge in [-0.1, -0.05) is 50.2 Å². The van der Waals surface area contributed by atoms with Crippen molar-refractivity contribution < 1.29 is 14.7 Å². The predicted octanol–water partition coefficient (Wildman–Crippen LogP) is 3.37. The number of aromatic nitrogens is 3. The van der Waals surface area contributed by atoms with Gasteiger partial charge in [0.25, 0.3) is 12.4 Å². The van der Waals surface area contributed by atoms with Crippen LogP contribution in [-0.4, -0.2) is 43.7 Å². The Bertz CT molecular complexity index is 1100. The summed E-state index contributed by atoms with van der Waals surface area (Å²) in [4.78, 5) is 28.2. The van der Waals surface area contributed by atoms with Crippen molar-refractivity contribution in [3.8, 4) is 17.5 Å². The van der Waals surface area contributed by atoms with Gasteiger partial charge in [0.2, 0.25) is 0 Å². The number of carbonyl (C=O) groups excluding carboxylic acids is 1. The van der Waals surface area contributed by atoms with Gasteiger partial charge in [0.15, 0.2) is 11.6 Å². The first-order valence-corrected chi connectivity index (χ1v) is 9.89. The molecule has 0 aliphatic carbocycles. The minimum absolute atomic E-state index is 0.0775. The van der Waals surface area contributed by atoms with E-state index in [1.54, 1.807) is 24.3 Å². The number of fused-ring (bicyclic) bond motifs is 1. The number of amides is 1. The molecule has 0 radical (unpaired) electrons. The summed E-state index contributed by atoms with van der Waals surface area (Å²) in [5, 5.41) is 20.7. The molecule has 1 aliphatic heterocycles. The van der Waals surface area contributed by atoms with Crippen LogP contribution in [0.2, 0.25) is 0 Å². The molecule has 2 aromatic carbocycles. The first-order chi connectivity index (χ1) is 15.0. The standard InChI is InChI=1S/C22H21N5O.CH2O2/c1-15(2)19-21-24-20(17-8-4-3-5-9-17)25-27(21)12-11-26(19)22(28)18-10-6-7-16(13-18)14-23;2-1-3/h3-10,13,15,19H,11-12H2,1-2H3;1H,(H,2,3)/t19-;/m0./s1. The summed E-state index contributed by atoms with van der Waals surface area (Å²) in [6.45, 7) is 5.08. The van der Waals surface area contributed by atoms with Crippen LogP contribution in [0.3, 0.4) is 0 Å². The molecule has 1 amide bonds. The molecule has 31 heavy (non-hydrogen) atoms. The lowest BCUT2D eigenvalue weighted by atomic mass is 9.98. The van der Waals surface area contributed by atoms with Crippen molar-refractivity contribution in [1.29, 1.82) is 5.26 Å². The molecule has 8 nitrogen and oxygen atoms in total. The number of rotatable bonds is 3. The number of nitriles is 1. The molecular formula is C23H23N5O3. The molecule has 0 unspecified atom stereocenters. The van der Waals surface area contributed by atoms with Crippen LogP contribution in [0.15, 0.2) is 54.6 Å². The third-order valence-corrected chi connectivity index (χ3v) is 5.02. The van der Waals surface area contributed by atoms with Crippen LogP contribution in [0.4, 0.5) is 0 Å². The highest BCUT2D eigenvalue weighted by molar-refractivity contribution is 5.95. The minimum atomic E-state index is -0.250. The molecule has 158 valence electrons. The quantitative estimate of drug-likeness (QED) is 0.654. The molecule has 3 aromatic rings. The molecule has 0 spiro atoms. The molecule has 0 saturated carbocycles. The van der Waals surface area contributed by atoms with Crippen LogP contribution in [0.5, 0.6) is 0 Å². The fourth-order valence-electron chi connectivity index (χ4n) is 3.70. The van der Waals surface area contributed by atoms with E-state index in [0.29, 0.717) is 30.0 Å². The van der Waals surface area contributed by atoms with Crippen molar-refractivity contribution >= 4 is 12.4 Å². The number of carboxylic acid groups (broad SMARTS) is 1. The zero-order valence-corrected chi connectivity index (χ0v) is 17.3. The topological polar surface area (TPSA) is 112 Å². The van der Waals surface area contributed by atoms with Crippen LogP contribution in [0, 0.1) is 17.2 Å². The molecule has 1 N–H and O–H groups in total. The zero-order valence-electron chi connectivity index (χ0n) is 17.3. The number of carbonyl (C=O) groups is 2. The van der Waals surface area contributed by atoms with Gasteiger partial charge in [0.05, 0.1) is 24.2 Å². The van der Waals surface area contributed by atoms with Gasteiger partial charge in [0.1, 0.15) is 0 Å². The highest BCUT2D eigenvalue weighted by Gasteiger charge is 2.36. The summed E-state index contributed by atoms with van der Waals surface area (Å²) in [5.74, 6) is 1.59. The Labute approximate surface area is 180 Å². The molecule has 0 bridgehead atoms. The van der Waals surface area contributed by atoms with Crippen LogP contribution in [0.25, 0.3) is 11.4 Å². The van der Waals surface area contributed by atoms with Gasteiger partial charge >= 0.3 is 0 Å². The fraction of sp³-hybridized carbons (Fsp3) is 0.261. The van der Waals surface area contributed by atoms with Gasteiger partial charge in [-0.2, -0.15) is 10.4 Å². The third kappa shape index (κ3) is 4.61. The maximum atomic E-state index is 13.2. The second-order valence-corrected chi connectivity index (χ2v) is 7.37. The summed E-state index contributed by atoms with van der Waals surface area (Å²) >= 11 is 0. The Balaban J connectivity index is 0.000000858. The van der Waals surface area contributed by atoms with E-state index in [1.807, 2.05) is 39.9 Å². The Morgan fingerprint density at radius 2 is 1.90 bits per heavy atom. The largest absolute Gasteiger partial charge is 0.483 e. The van der Waals surface area contributed by atoms with E-state index in [0.717, 1.165) is 11.4 Å². The SMILES string of the molecule is CC(C)[C@H]1c2nc(-c3ccccc3)nn2CCN1C(=O)c1cccc(C#N)c1.O=CO. The van der Waals surface area contributed by atoms with Gasteiger partial charge in [-0.15, -0.1) is 0 Å². The second-order valence-electron chi connectivity index (χ2n) is 7.37. The van der Waals surface area contributed by atoms with Crippen molar-refractivity contribution in [3.05, 3.63) is 71.5 Å². The van der Waals surface area contributed by atoms with Gasteiger partial charge in [-0.3, -0.25) is 9.59 Å². The highest BCUT2D eigenvalue weighted by Crippen LogP contribution is 2.33. The van der Waals surface area contributed by atoms with Crippen molar-refractivity contribution in [3.63, 3.8) is 0 Å². The lowest BCUT2D eigenvalue weighted by molar-refractivity contribution is -0.122. The Morgan fingerprint density at radius 3 is 2.55 bits per heavy atom. The molecule has 4 rings (SSSR count). The van der Waals surface area contributed by atoms with E-state index in [9.17, 15) is 4.79 Å². The summed E-state index contributed by atoms with van der Waals surface area (Å²) in [6, 6.07) is 18.7. The molecule has 1 atom stereocenters. The molecule has 1 aliphatic rings. The number of hydrogen-bond acceptors (Lipinski definition) is 5. The molecule has 0 saturated heterocycles. The fourth-order valence-corrected chi connectivity index (χ4v) is 3.70. The summed E-state index contributed by atoms with van der Waals surface area (Å²) < 4.78 is 1.92. The molecular weight excluding hydrogens is 394 g/mol. The summed E-state index contributed by atoms with van der Waals surface area (Å²) in [7, 11) is 0. The van der Waals surface area contributed by atoms with Crippen LogP contribution < -0.4 is 0 Å². The van der Waals surface area contributed by atoms with Crippen molar-refractivity contribution in [1.82, 2.24) is 19.7 Å². The van der Waals surface area contributed by atoms with E-state index in [1.165, 1.54) is 0 Å².